The lowest BCUT2D eigenvalue weighted by molar-refractivity contribution is -0.118. The summed E-state index contributed by atoms with van der Waals surface area (Å²) >= 11 is 7.44. The van der Waals surface area contributed by atoms with Crippen molar-refractivity contribution >= 4 is 36.0 Å². The topological polar surface area (TPSA) is 42.9 Å². The number of aryl methyl sites for hydroxylation is 1. The highest BCUT2D eigenvalue weighted by atomic mass is 35.5. The van der Waals surface area contributed by atoms with Crippen molar-refractivity contribution in [2.75, 3.05) is 0 Å². The molecule has 0 amide bonds. The third-order valence-electron chi connectivity index (χ3n) is 2.75. The molecule has 0 aliphatic heterocycles. The van der Waals surface area contributed by atoms with Crippen molar-refractivity contribution in [3.63, 3.8) is 0 Å². The van der Waals surface area contributed by atoms with E-state index in [-0.39, 0.29) is 0 Å². The van der Waals surface area contributed by atoms with Crippen LogP contribution in [-0.2, 0) is 4.79 Å². The molecule has 0 N–H and O–H groups in total. The normalized spacial score (nSPS) is 9.25. The molecule has 6 heteroatoms. The summed E-state index contributed by atoms with van der Waals surface area (Å²) in [5, 5.41) is 1.51. The van der Waals surface area contributed by atoms with Gasteiger partial charge in [-0.3, -0.25) is 9.78 Å². The molecule has 0 unspecified atom stereocenters. The van der Waals surface area contributed by atoms with Gasteiger partial charge in [0, 0.05) is 29.3 Å². The van der Waals surface area contributed by atoms with Crippen LogP contribution < -0.4 is 0 Å². The van der Waals surface area contributed by atoms with E-state index >= 15 is 0 Å². The Kier molecular flexibility index (Phi) is 13.5. The van der Waals surface area contributed by atoms with Crippen molar-refractivity contribution < 1.29 is 4.79 Å². The first-order chi connectivity index (χ1) is 11.5. The minimum atomic E-state index is 0.364. The van der Waals surface area contributed by atoms with E-state index < -0.39 is 0 Å². The number of ketones is 1. The molecule has 24 heavy (non-hydrogen) atoms. The van der Waals surface area contributed by atoms with Gasteiger partial charge in [0.1, 0.15) is 23.2 Å². The largest absolute Gasteiger partial charge is 0.300 e. The zero-order chi connectivity index (χ0) is 18.4. The summed E-state index contributed by atoms with van der Waals surface area (Å²) in [6, 6.07) is 3.86. The number of hydrogen-bond donors (Lipinski definition) is 0. The number of thiazole rings is 1. The Hall–Kier alpha value is -1.20. The van der Waals surface area contributed by atoms with E-state index in [1.807, 2.05) is 40.1 Å². The molecule has 2 rings (SSSR count). The van der Waals surface area contributed by atoms with Gasteiger partial charge in [0.2, 0.25) is 0 Å². The highest BCUT2D eigenvalue weighted by Crippen LogP contribution is 2.29. The number of halogens is 1. The molecular weight excluding hydrogens is 339 g/mol. The zero-order valence-corrected chi connectivity index (χ0v) is 16.9. The van der Waals surface area contributed by atoms with Gasteiger partial charge < -0.3 is 0 Å². The van der Waals surface area contributed by atoms with E-state index in [2.05, 4.69) is 23.8 Å². The number of nitrogens with zero attached hydrogens (tertiary/aromatic N) is 2. The minimum absolute atomic E-state index is 0.364. The van der Waals surface area contributed by atoms with Gasteiger partial charge in [-0.1, -0.05) is 51.9 Å². The van der Waals surface area contributed by atoms with Crippen LogP contribution in [0.4, 0.5) is 0 Å². The number of carbonyl (C=O) groups is 1. The average molecular weight is 366 g/mol. The molecule has 2 aromatic heterocycles. The highest BCUT2D eigenvalue weighted by Gasteiger charge is 2.06. The van der Waals surface area contributed by atoms with Crippen LogP contribution in [0.2, 0.25) is 18.3 Å². The Morgan fingerprint density at radius 2 is 2.00 bits per heavy atom. The van der Waals surface area contributed by atoms with E-state index in [9.17, 15) is 4.79 Å². The molecule has 2 heterocycles. The molecule has 3 nitrogen and oxygen atoms in total. The average Bonchev–Trinajstić information content (AvgIpc) is 2.94. The van der Waals surface area contributed by atoms with Gasteiger partial charge in [-0.2, -0.15) is 0 Å². The van der Waals surface area contributed by atoms with Gasteiger partial charge in [-0.15, -0.1) is 11.3 Å². The molecule has 0 aromatic carbocycles. The maximum absolute atomic E-state index is 10.6. The predicted octanol–water partition coefficient (Wildman–Crippen LogP) is 6.11. The fourth-order valence-electron chi connectivity index (χ4n) is 1.47. The van der Waals surface area contributed by atoms with Crippen LogP contribution in [0.3, 0.4) is 0 Å². The molecule has 0 spiro atoms. The van der Waals surface area contributed by atoms with Crippen molar-refractivity contribution in [1.29, 1.82) is 0 Å². The Morgan fingerprint density at radius 3 is 2.42 bits per heavy atom. The Balaban J connectivity index is 0.000000415. The predicted molar refractivity (Wildman–Crippen MR) is 107 cm³/mol. The Labute approximate surface area is 156 Å². The van der Waals surface area contributed by atoms with E-state index in [4.69, 9.17) is 11.6 Å². The number of hydrogen-bond acceptors (Lipinski definition) is 4. The molecule has 0 fully saturated rings. The molecule has 131 valence electrons. The molecule has 0 atom stereocenters. The fraction of sp³-hybridized carbons (Fsp3) is 0.500. The van der Waals surface area contributed by atoms with Crippen molar-refractivity contribution in [2.45, 2.75) is 60.1 Å². The van der Waals surface area contributed by atoms with Gasteiger partial charge in [-0.25, -0.2) is 4.98 Å². The van der Waals surface area contributed by atoms with E-state index in [1.165, 1.54) is 6.42 Å². The quantitative estimate of drug-likeness (QED) is 0.600. The summed E-state index contributed by atoms with van der Waals surface area (Å²) in [5.41, 5.74) is 1.02. The second-order valence-corrected chi connectivity index (χ2v) is 6.72. The number of aromatic nitrogens is 2. The molecule has 0 saturated carbocycles. The lowest BCUT2D eigenvalue weighted by Gasteiger charge is -1.91. The Bertz CT molecular complexity index is 556. The second kappa shape index (κ2) is 14.2. The molecule has 1 radical (unpaired) electrons. The molecule has 0 aliphatic rings. The highest BCUT2D eigenvalue weighted by molar-refractivity contribution is 7.15. The monoisotopic (exact) mass is 365 g/mol. The summed E-state index contributed by atoms with van der Waals surface area (Å²) in [6.07, 6.45) is 7.13. The molecule has 0 aliphatic carbocycles. The number of pyridine rings is 1. The molecule has 0 saturated heterocycles. The van der Waals surface area contributed by atoms with Crippen LogP contribution in [0.15, 0.2) is 24.5 Å². The first-order valence-corrected chi connectivity index (χ1v) is 9.52. The van der Waals surface area contributed by atoms with Crippen molar-refractivity contribution in [3.8, 4) is 10.6 Å². The smallest absolute Gasteiger partial charge is 0.143 e. The number of Topliss-reactive ketones (excluding diaryl/α,β-unsaturated/α-hetero) is 1. The summed E-state index contributed by atoms with van der Waals surface area (Å²) in [4.78, 5) is 19.8. The first kappa shape index (κ1) is 22.8. The van der Waals surface area contributed by atoms with Gasteiger partial charge in [0.15, 0.2) is 0 Å². The summed E-state index contributed by atoms with van der Waals surface area (Å²) in [5.74, 6) is 0.364. The first-order valence-electron chi connectivity index (χ1n) is 8.32. The van der Waals surface area contributed by atoms with Gasteiger partial charge in [0.05, 0.1) is 0 Å². The van der Waals surface area contributed by atoms with Gasteiger partial charge in [-0.05, 0) is 25.5 Å². The maximum Gasteiger partial charge on any atom is 0.143 e. The molecular formula is C18H27BClN2OS. The maximum atomic E-state index is 10.6. The van der Waals surface area contributed by atoms with Gasteiger partial charge in [0.25, 0.3) is 0 Å². The summed E-state index contributed by atoms with van der Waals surface area (Å²) in [7, 11) is 2.02. The van der Waals surface area contributed by atoms with E-state index in [0.717, 1.165) is 28.2 Å². The Morgan fingerprint density at radius 1 is 1.33 bits per heavy atom. The summed E-state index contributed by atoms with van der Waals surface area (Å²) in [6.45, 7) is 10.1. The lowest BCUT2D eigenvalue weighted by atomic mass is 9.76. The van der Waals surface area contributed by atoms with Gasteiger partial charge >= 0.3 is 0 Å². The zero-order valence-electron chi connectivity index (χ0n) is 15.3. The SMILES string of the molecule is CCC.C[B]CCC(=O)CC.Cc1sc(-c2cccnc2)nc1Cl. The molecule has 0 bridgehead atoms. The van der Waals surface area contributed by atoms with Crippen molar-refractivity contribution in [3.05, 3.63) is 34.6 Å². The second-order valence-electron chi connectivity index (χ2n) is 5.15. The van der Waals surface area contributed by atoms with Crippen LogP contribution in [0, 0.1) is 6.92 Å². The van der Waals surface area contributed by atoms with Crippen LogP contribution >= 0.6 is 22.9 Å². The fourth-order valence-corrected chi connectivity index (χ4v) is 2.52. The van der Waals surface area contributed by atoms with E-state index in [1.54, 1.807) is 23.7 Å². The standard InChI is InChI=1S/C9H7ClN2S.C6H12BO.C3H8/c1-6-8(10)12-9(13-6)7-3-2-4-11-5-7;1-3-6(8)4-5-7-2;1-3-2/h2-5H,1H3;3-5H2,1-2H3;3H2,1-2H3. The number of rotatable bonds is 5. The third kappa shape index (κ3) is 9.84. The third-order valence-corrected chi connectivity index (χ3v) is 4.25. The van der Waals surface area contributed by atoms with Crippen LogP contribution in [0.1, 0.15) is 44.9 Å². The van der Waals surface area contributed by atoms with Crippen LogP contribution in [0.5, 0.6) is 0 Å². The molecule has 2 aromatic rings. The minimum Gasteiger partial charge on any atom is -0.300 e. The summed E-state index contributed by atoms with van der Waals surface area (Å²) < 4.78 is 0. The van der Waals surface area contributed by atoms with Crippen molar-refractivity contribution in [2.24, 2.45) is 0 Å². The van der Waals surface area contributed by atoms with Crippen molar-refractivity contribution in [1.82, 2.24) is 9.97 Å². The van der Waals surface area contributed by atoms with Crippen LogP contribution in [0.25, 0.3) is 10.6 Å². The number of carbonyl (C=O) groups excluding carboxylic acids is 1. The van der Waals surface area contributed by atoms with Crippen LogP contribution in [-0.4, -0.2) is 23.0 Å². The lowest BCUT2D eigenvalue weighted by Crippen LogP contribution is -1.95. The van der Waals surface area contributed by atoms with E-state index in [0.29, 0.717) is 17.4 Å².